The zero-order valence-corrected chi connectivity index (χ0v) is 9.30. The second-order valence-corrected chi connectivity index (χ2v) is 4.52. The smallest absolute Gasteiger partial charge is 0.200 e. The molecule has 6 heteroatoms. The highest BCUT2D eigenvalue weighted by atomic mass is 19.2. The van der Waals surface area contributed by atoms with Crippen molar-refractivity contribution >= 4 is 5.78 Å². The Balaban J connectivity index is 3.62. The van der Waals surface area contributed by atoms with Crippen molar-refractivity contribution in [1.29, 1.82) is 0 Å². The Morgan fingerprint density at radius 2 is 1.06 bits per heavy atom. The molecule has 1 aromatic rings. The van der Waals surface area contributed by atoms with Crippen molar-refractivity contribution in [1.82, 2.24) is 0 Å². The number of Topliss-reactive ketones (excluding diaryl/α,β-unsaturated/α-hetero) is 1. The van der Waals surface area contributed by atoms with Gasteiger partial charge in [0.25, 0.3) is 0 Å². The highest BCUT2D eigenvalue weighted by Gasteiger charge is 2.34. The lowest BCUT2D eigenvalue weighted by molar-refractivity contribution is 0.0845. The molecule has 0 aliphatic rings. The van der Waals surface area contributed by atoms with Crippen LogP contribution in [0.2, 0.25) is 0 Å². The predicted molar refractivity (Wildman–Crippen MR) is 50.0 cm³/mol. The number of hydrogen-bond donors (Lipinski definition) is 0. The van der Waals surface area contributed by atoms with Crippen LogP contribution in [-0.4, -0.2) is 5.78 Å². The first kappa shape index (κ1) is 13.6. The SMILES string of the molecule is CC(C)(C)C(=O)c1c(F)c(F)c(F)c(F)c1F. The van der Waals surface area contributed by atoms with Crippen LogP contribution in [-0.2, 0) is 0 Å². The first-order valence-electron chi connectivity index (χ1n) is 4.65. The number of halogens is 5. The second kappa shape index (κ2) is 4.09. The molecular weight excluding hydrogens is 243 g/mol. The summed E-state index contributed by atoms with van der Waals surface area (Å²) in [6, 6.07) is 0. The van der Waals surface area contributed by atoms with Crippen molar-refractivity contribution in [2.75, 3.05) is 0 Å². The summed E-state index contributed by atoms with van der Waals surface area (Å²) in [5.74, 6) is -11.8. The van der Waals surface area contributed by atoms with Crippen LogP contribution in [0.15, 0.2) is 0 Å². The number of rotatable bonds is 1. The van der Waals surface area contributed by atoms with E-state index in [1.165, 1.54) is 20.8 Å². The quantitative estimate of drug-likeness (QED) is 0.323. The molecular formula is C11H9F5O. The lowest BCUT2D eigenvalue weighted by atomic mass is 9.86. The summed E-state index contributed by atoms with van der Waals surface area (Å²) in [4.78, 5) is 11.6. The summed E-state index contributed by atoms with van der Waals surface area (Å²) >= 11 is 0. The van der Waals surface area contributed by atoms with Crippen molar-refractivity contribution < 1.29 is 26.7 Å². The molecule has 0 fully saturated rings. The summed E-state index contributed by atoms with van der Waals surface area (Å²) in [7, 11) is 0. The fourth-order valence-corrected chi connectivity index (χ4v) is 1.18. The second-order valence-electron chi connectivity index (χ2n) is 4.52. The lowest BCUT2D eigenvalue weighted by Gasteiger charge is -2.18. The zero-order chi connectivity index (χ0) is 13.5. The van der Waals surface area contributed by atoms with Crippen LogP contribution in [0.5, 0.6) is 0 Å². The van der Waals surface area contributed by atoms with Gasteiger partial charge in [-0.25, -0.2) is 22.0 Å². The zero-order valence-electron chi connectivity index (χ0n) is 9.30. The first-order chi connectivity index (χ1) is 7.59. The van der Waals surface area contributed by atoms with E-state index in [0.717, 1.165) is 0 Å². The molecule has 0 unspecified atom stereocenters. The molecule has 1 nitrogen and oxygen atoms in total. The molecule has 0 bridgehead atoms. The molecule has 0 amide bonds. The number of ketones is 1. The van der Waals surface area contributed by atoms with Crippen LogP contribution in [0.1, 0.15) is 31.1 Å². The molecule has 94 valence electrons. The van der Waals surface area contributed by atoms with Crippen molar-refractivity contribution in [3.63, 3.8) is 0 Å². The molecule has 1 aromatic carbocycles. The van der Waals surface area contributed by atoms with Gasteiger partial charge in [-0.3, -0.25) is 4.79 Å². The van der Waals surface area contributed by atoms with Crippen molar-refractivity contribution in [2.45, 2.75) is 20.8 Å². The fraction of sp³-hybridized carbons (Fsp3) is 0.364. The highest BCUT2D eigenvalue weighted by Crippen LogP contribution is 2.28. The third-order valence-corrected chi connectivity index (χ3v) is 2.12. The number of carbonyl (C=O) groups excluding carboxylic acids is 1. The van der Waals surface area contributed by atoms with Crippen LogP contribution in [0.4, 0.5) is 22.0 Å². The molecule has 0 spiro atoms. The Hall–Kier alpha value is -1.46. The molecule has 0 saturated carbocycles. The van der Waals surface area contributed by atoms with E-state index >= 15 is 0 Å². The molecule has 17 heavy (non-hydrogen) atoms. The van der Waals surface area contributed by atoms with E-state index < -0.39 is 45.8 Å². The summed E-state index contributed by atoms with van der Waals surface area (Å²) in [5, 5.41) is 0. The average molecular weight is 252 g/mol. The molecule has 0 radical (unpaired) electrons. The van der Waals surface area contributed by atoms with Gasteiger partial charge in [-0.05, 0) is 0 Å². The maximum atomic E-state index is 13.2. The Morgan fingerprint density at radius 3 is 1.35 bits per heavy atom. The minimum Gasteiger partial charge on any atom is -0.293 e. The molecule has 0 aliphatic heterocycles. The summed E-state index contributed by atoms with van der Waals surface area (Å²) in [5.41, 5.74) is -2.65. The third-order valence-electron chi connectivity index (χ3n) is 2.12. The predicted octanol–water partition coefficient (Wildman–Crippen LogP) is 3.61. The Morgan fingerprint density at radius 1 is 0.765 bits per heavy atom. The topological polar surface area (TPSA) is 17.1 Å². The Bertz CT molecular complexity index is 459. The standard InChI is InChI=1S/C11H9F5O/c1-11(2,3)10(17)4-5(12)7(14)9(16)8(15)6(4)13/h1-3H3. The van der Waals surface area contributed by atoms with E-state index in [0.29, 0.717) is 0 Å². The first-order valence-corrected chi connectivity index (χ1v) is 4.65. The molecule has 0 atom stereocenters. The monoisotopic (exact) mass is 252 g/mol. The minimum atomic E-state index is -2.27. The minimum absolute atomic E-state index is 1.15. The number of benzene rings is 1. The van der Waals surface area contributed by atoms with E-state index in [-0.39, 0.29) is 0 Å². The van der Waals surface area contributed by atoms with Crippen LogP contribution < -0.4 is 0 Å². The third kappa shape index (κ3) is 2.16. The molecule has 0 aliphatic carbocycles. The summed E-state index contributed by atoms with van der Waals surface area (Å²) in [6.07, 6.45) is 0. The average Bonchev–Trinajstić information content (AvgIpc) is 2.22. The molecule has 0 aromatic heterocycles. The Labute approximate surface area is 94.2 Å². The maximum absolute atomic E-state index is 13.2. The lowest BCUT2D eigenvalue weighted by Crippen LogP contribution is -2.24. The van der Waals surface area contributed by atoms with E-state index in [4.69, 9.17) is 0 Å². The van der Waals surface area contributed by atoms with Crippen molar-refractivity contribution in [3.05, 3.63) is 34.6 Å². The van der Waals surface area contributed by atoms with Crippen LogP contribution in [0.25, 0.3) is 0 Å². The van der Waals surface area contributed by atoms with Crippen LogP contribution in [0.3, 0.4) is 0 Å². The Kier molecular flexibility index (Phi) is 3.27. The summed E-state index contributed by atoms with van der Waals surface area (Å²) < 4.78 is 64.9. The number of carbonyl (C=O) groups is 1. The van der Waals surface area contributed by atoms with E-state index in [1.807, 2.05) is 0 Å². The van der Waals surface area contributed by atoms with Gasteiger partial charge < -0.3 is 0 Å². The van der Waals surface area contributed by atoms with Gasteiger partial charge in [0, 0.05) is 5.41 Å². The molecule has 0 N–H and O–H groups in total. The highest BCUT2D eigenvalue weighted by molar-refractivity contribution is 6.00. The molecule has 1 rings (SSSR count). The normalized spacial score (nSPS) is 11.8. The van der Waals surface area contributed by atoms with Gasteiger partial charge in [-0.1, -0.05) is 20.8 Å². The number of hydrogen-bond acceptors (Lipinski definition) is 1. The van der Waals surface area contributed by atoms with E-state index in [1.54, 1.807) is 0 Å². The van der Waals surface area contributed by atoms with Gasteiger partial charge in [0.05, 0.1) is 5.56 Å². The van der Waals surface area contributed by atoms with Crippen LogP contribution >= 0.6 is 0 Å². The van der Waals surface area contributed by atoms with Crippen LogP contribution in [0, 0.1) is 34.5 Å². The van der Waals surface area contributed by atoms with Gasteiger partial charge in [0.2, 0.25) is 5.82 Å². The summed E-state index contributed by atoms with van der Waals surface area (Å²) in [6.45, 7) is 3.94. The maximum Gasteiger partial charge on any atom is 0.200 e. The van der Waals surface area contributed by atoms with Crippen molar-refractivity contribution in [3.8, 4) is 0 Å². The molecule has 0 saturated heterocycles. The van der Waals surface area contributed by atoms with E-state index in [9.17, 15) is 26.7 Å². The molecule has 0 heterocycles. The van der Waals surface area contributed by atoms with Gasteiger partial charge >= 0.3 is 0 Å². The largest absolute Gasteiger partial charge is 0.293 e. The fourth-order valence-electron chi connectivity index (χ4n) is 1.18. The van der Waals surface area contributed by atoms with Gasteiger partial charge in [-0.15, -0.1) is 0 Å². The van der Waals surface area contributed by atoms with Gasteiger partial charge in [-0.2, -0.15) is 0 Å². The van der Waals surface area contributed by atoms with Gasteiger partial charge in [0.1, 0.15) is 0 Å². The van der Waals surface area contributed by atoms with E-state index in [2.05, 4.69) is 0 Å². The van der Waals surface area contributed by atoms with Crippen molar-refractivity contribution in [2.24, 2.45) is 5.41 Å². The van der Waals surface area contributed by atoms with Gasteiger partial charge in [0.15, 0.2) is 29.1 Å².